The van der Waals surface area contributed by atoms with Crippen LogP contribution in [0.4, 0.5) is 0 Å². The molecule has 106 valence electrons. The van der Waals surface area contributed by atoms with Crippen LogP contribution in [0.2, 0.25) is 0 Å². The van der Waals surface area contributed by atoms with Crippen molar-refractivity contribution in [2.24, 2.45) is 5.73 Å². The first-order valence-electron chi connectivity index (χ1n) is 6.73. The van der Waals surface area contributed by atoms with Crippen molar-refractivity contribution in [2.75, 3.05) is 7.11 Å². The molecule has 2 aromatic rings. The number of hydrogen-bond donors (Lipinski definition) is 1. The van der Waals surface area contributed by atoms with Crippen LogP contribution in [0.25, 0.3) is 0 Å². The first-order chi connectivity index (χ1) is 9.60. The van der Waals surface area contributed by atoms with Gasteiger partial charge in [0, 0.05) is 16.2 Å². The number of thioether (sulfide) groups is 1. The summed E-state index contributed by atoms with van der Waals surface area (Å²) in [4.78, 5) is 1.25. The van der Waals surface area contributed by atoms with E-state index in [4.69, 9.17) is 10.5 Å². The fourth-order valence-electron chi connectivity index (χ4n) is 2.13. The van der Waals surface area contributed by atoms with Crippen molar-refractivity contribution >= 4 is 11.8 Å². The summed E-state index contributed by atoms with van der Waals surface area (Å²) in [6.07, 6.45) is 0. The van der Waals surface area contributed by atoms with Crippen molar-refractivity contribution in [1.29, 1.82) is 0 Å². The van der Waals surface area contributed by atoms with Gasteiger partial charge in [0.1, 0.15) is 5.75 Å². The molecule has 2 nitrogen and oxygen atoms in total. The van der Waals surface area contributed by atoms with Crippen molar-refractivity contribution in [3.63, 3.8) is 0 Å². The Kier molecular flexibility index (Phi) is 5.10. The van der Waals surface area contributed by atoms with E-state index in [0.29, 0.717) is 0 Å². The zero-order valence-electron chi connectivity index (χ0n) is 12.2. The van der Waals surface area contributed by atoms with Gasteiger partial charge >= 0.3 is 0 Å². The first-order valence-corrected chi connectivity index (χ1v) is 7.61. The Bertz CT molecular complexity index is 568. The zero-order valence-corrected chi connectivity index (χ0v) is 13.0. The van der Waals surface area contributed by atoms with Gasteiger partial charge in [-0.1, -0.05) is 29.8 Å². The Morgan fingerprint density at radius 3 is 2.50 bits per heavy atom. The number of aryl methyl sites for hydroxylation is 1. The number of benzene rings is 2. The molecular weight excluding hydrogens is 266 g/mol. The van der Waals surface area contributed by atoms with Gasteiger partial charge in [0.15, 0.2) is 0 Å². The maximum Gasteiger partial charge on any atom is 0.119 e. The molecule has 0 aliphatic rings. The minimum Gasteiger partial charge on any atom is -0.497 e. The Labute approximate surface area is 125 Å². The predicted molar refractivity (Wildman–Crippen MR) is 86.4 cm³/mol. The predicted octanol–water partition coefficient (Wildman–Crippen LogP) is 4.18. The van der Waals surface area contributed by atoms with Gasteiger partial charge in [0.2, 0.25) is 0 Å². The fraction of sp³-hybridized carbons (Fsp3) is 0.294. The highest BCUT2D eigenvalue weighted by atomic mass is 32.2. The summed E-state index contributed by atoms with van der Waals surface area (Å²) in [6, 6.07) is 16.7. The number of ether oxygens (including phenoxy) is 1. The van der Waals surface area contributed by atoms with E-state index >= 15 is 0 Å². The molecule has 20 heavy (non-hydrogen) atoms. The minimum atomic E-state index is 0.0626. The second-order valence-electron chi connectivity index (χ2n) is 4.99. The molecule has 0 aliphatic carbocycles. The van der Waals surface area contributed by atoms with Crippen LogP contribution < -0.4 is 10.5 Å². The third-order valence-corrected chi connectivity index (χ3v) is 4.63. The molecule has 2 rings (SSSR count). The van der Waals surface area contributed by atoms with E-state index in [0.717, 1.165) is 5.75 Å². The summed E-state index contributed by atoms with van der Waals surface area (Å²) < 4.78 is 5.30. The van der Waals surface area contributed by atoms with Crippen molar-refractivity contribution in [3.8, 4) is 5.75 Å². The van der Waals surface area contributed by atoms with Crippen LogP contribution in [0, 0.1) is 6.92 Å². The third kappa shape index (κ3) is 3.78. The van der Waals surface area contributed by atoms with Crippen LogP contribution in [0.5, 0.6) is 5.75 Å². The number of hydrogen-bond acceptors (Lipinski definition) is 3. The van der Waals surface area contributed by atoms with E-state index in [1.54, 1.807) is 18.9 Å². The topological polar surface area (TPSA) is 35.2 Å². The normalized spacial score (nSPS) is 13.8. The average Bonchev–Trinajstić information content (AvgIpc) is 2.44. The maximum absolute atomic E-state index is 6.18. The Morgan fingerprint density at radius 2 is 1.85 bits per heavy atom. The van der Waals surface area contributed by atoms with Crippen molar-refractivity contribution in [3.05, 3.63) is 59.7 Å². The molecule has 0 radical (unpaired) electrons. The second-order valence-corrected chi connectivity index (χ2v) is 6.21. The summed E-state index contributed by atoms with van der Waals surface area (Å²) >= 11 is 1.80. The largest absolute Gasteiger partial charge is 0.497 e. The molecule has 0 amide bonds. The van der Waals surface area contributed by atoms with Gasteiger partial charge in [-0.05, 0) is 43.7 Å². The number of nitrogens with two attached hydrogens (primary N) is 1. The Balaban J connectivity index is 2.27. The lowest BCUT2D eigenvalue weighted by Crippen LogP contribution is -2.22. The summed E-state index contributed by atoms with van der Waals surface area (Å²) in [5.74, 6) is 0.873. The van der Waals surface area contributed by atoms with Crippen molar-refractivity contribution < 1.29 is 4.74 Å². The minimum absolute atomic E-state index is 0.0626. The molecule has 0 spiro atoms. The SMILES string of the molecule is COc1cccc(C(Sc2cccc(C)c2)C(C)N)c1. The highest BCUT2D eigenvalue weighted by Crippen LogP contribution is 2.38. The van der Waals surface area contributed by atoms with Gasteiger partial charge in [-0.15, -0.1) is 11.8 Å². The number of methoxy groups -OCH3 is 1. The van der Waals surface area contributed by atoms with Crippen molar-refractivity contribution in [2.45, 2.75) is 30.0 Å². The van der Waals surface area contributed by atoms with Crippen LogP contribution in [-0.4, -0.2) is 13.2 Å². The molecule has 0 saturated heterocycles. The highest BCUT2D eigenvalue weighted by molar-refractivity contribution is 7.99. The monoisotopic (exact) mass is 287 g/mol. The van der Waals surface area contributed by atoms with E-state index in [1.165, 1.54) is 16.0 Å². The summed E-state index contributed by atoms with van der Waals surface area (Å²) in [5, 5.41) is 0.215. The molecule has 2 N–H and O–H groups in total. The third-order valence-electron chi connectivity index (χ3n) is 3.15. The van der Waals surface area contributed by atoms with Gasteiger partial charge in [0.25, 0.3) is 0 Å². The van der Waals surface area contributed by atoms with E-state index < -0.39 is 0 Å². The van der Waals surface area contributed by atoms with E-state index in [2.05, 4.69) is 43.3 Å². The molecule has 2 aromatic carbocycles. The lowest BCUT2D eigenvalue weighted by Gasteiger charge is -2.21. The summed E-state index contributed by atoms with van der Waals surface area (Å²) in [7, 11) is 1.69. The lowest BCUT2D eigenvalue weighted by atomic mass is 10.1. The van der Waals surface area contributed by atoms with E-state index in [-0.39, 0.29) is 11.3 Å². The molecule has 0 aliphatic heterocycles. The Morgan fingerprint density at radius 1 is 1.10 bits per heavy atom. The van der Waals surface area contributed by atoms with Gasteiger partial charge in [-0.2, -0.15) is 0 Å². The van der Waals surface area contributed by atoms with Gasteiger partial charge in [0.05, 0.1) is 7.11 Å². The molecule has 0 bridgehead atoms. The summed E-state index contributed by atoms with van der Waals surface area (Å²) in [5.41, 5.74) is 8.65. The molecule has 0 heterocycles. The maximum atomic E-state index is 6.18. The quantitative estimate of drug-likeness (QED) is 0.838. The van der Waals surface area contributed by atoms with Gasteiger partial charge in [-0.3, -0.25) is 0 Å². The van der Waals surface area contributed by atoms with Crippen LogP contribution in [0.15, 0.2) is 53.4 Å². The molecule has 2 unspecified atom stereocenters. The fourth-order valence-corrected chi connectivity index (χ4v) is 3.33. The standard InChI is InChI=1S/C17H21NOS/c1-12-6-4-9-16(10-12)20-17(13(2)18)14-7-5-8-15(11-14)19-3/h4-11,13,17H,18H2,1-3H3. The van der Waals surface area contributed by atoms with E-state index in [1.807, 2.05) is 19.1 Å². The molecular formula is C17H21NOS. The smallest absolute Gasteiger partial charge is 0.119 e. The van der Waals surface area contributed by atoms with E-state index in [9.17, 15) is 0 Å². The molecule has 0 fully saturated rings. The lowest BCUT2D eigenvalue weighted by molar-refractivity contribution is 0.414. The summed E-state index contributed by atoms with van der Waals surface area (Å²) in [6.45, 7) is 4.16. The average molecular weight is 287 g/mol. The highest BCUT2D eigenvalue weighted by Gasteiger charge is 2.18. The molecule has 0 aromatic heterocycles. The van der Waals surface area contributed by atoms with Crippen LogP contribution in [0.1, 0.15) is 23.3 Å². The molecule has 3 heteroatoms. The first kappa shape index (κ1) is 14.9. The molecule has 2 atom stereocenters. The van der Waals surface area contributed by atoms with Crippen LogP contribution >= 0.6 is 11.8 Å². The van der Waals surface area contributed by atoms with Gasteiger partial charge in [-0.25, -0.2) is 0 Å². The van der Waals surface area contributed by atoms with Crippen molar-refractivity contribution in [1.82, 2.24) is 0 Å². The Hall–Kier alpha value is -1.45. The zero-order chi connectivity index (χ0) is 14.5. The molecule has 0 saturated carbocycles. The van der Waals surface area contributed by atoms with Crippen LogP contribution in [-0.2, 0) is 0 Å². The number of rotatable bonds is 5. The van der Waals surface area contributed by atoms with Crippen LogP contribution in [0.3, 0.4) is 0 Å². The second kappa shape index (κ2) is 6.82. The van der Waals surface area contributed by atoms with Gasteiger partial charge < -0.3 is 10.5 Å².